The standard InChI is InChI=1S/C20H29NO4/c1-13-9-7-10-17(15(13)3)21-20(23)16(4)25-19(22)12-24-18-11-6-5-8-14(18)2/h5-6,8,11,13,15-17H,7,9-10,12H2,1-4H3,(H,21,23)/t13-,15-,16+,17+/m0/s1. The summed E-state index contributed by atoms with van der Waals surface area (Å²) in [5.74, 6) is 0.886. The summed E-state index contributed by atoms with van der Waals surface area (Å²) >= 11 is 0. The number of hydrogen-bond donors (Lipinski definition) is 1. The van der Waals surface area contributed by atoms with Crippen molar-refractivity contribution in [3.63, 3.8) is 0 Å². The lowest BCUT2D eigenvalue weighted by Crippen LogP contribution is -2.47. The molecule has 0 bridgehead atoms. The first-order chi connectivity index (χ1) is 11.9. The Hall–Kier alpha value is -2.04. The van der Waals surface area contributed by atoms with Crippen molar-refractivity contribution in [1.29, 1.82) is 0 Å². The minimum Gasteiger partial charge on any atom is -0.482 e. The van der Waals surface area contributed by atoms with Gasteiger partial charge in [-0.1, -0.05) is 44.9 Å². The van der Waals surface area contributed by atoms with Crippen LogP contribution in [0.25, 0.3) is 0 Å². The van der Waals surface area contributed by atoms with Crippen molar-refractivity contribution < 1.29 is 19.1 Å². The number of carbonyl (C=O) groups excluding carboxylic acids is 2. The van der Waals surface area contributed by atoms with E-state index in [-0.39, 0.29) is 18.6 Å². The summed E-state index contributed by atoms with van der Waals surface area (Å²) in [6, 6.07) is 7.60. The molecule has 1 aliphatic carbocycles. The first kappa shape index (κ1) is 19.3. The first-order valence-corrected chi connectivity index (χ1v) is 9.06. The van der Waals surface area contributed by atoms with Crippen LogP contribution in [0.3, 0.4) is 0 Å². The molecule has 25 heavy (non-hydrogen) atoms. The van der Waals surface area contributed by atoms with Gasteiger partial charge in [0.1, 0.15) is 5.75 Å². The van der Waals surface area contributed by atoms with E-state index in [1.54, 1.807) is 13.0 Å². The van der Waals surface area contributed by atoms with Crippen LogP contribution in [0.15, 0.2) is 24.3 Å². The van der Waals surface area contributed by atoms with Crippen molar-refractivity contribution in [2.24, 2.45) is 11.8 Å². The molecule has 5 nitrogen and oxygen atoms in total. The van der Waals surface area contributed by atoms with E-state index >= 15 is 0 Å². The van der Waals surface area contributed by atoms with E-state index in [0.717, 1.165) is 18.4 Å². The zero-order valence-electron chi connectivity index (χ0n) is 15.6. The summed E-state index contributed by atoms with van der Waals surface area (Å²) in [7, 11) is 0. The molecule has 0 aromatic heterocycles. The first-order valence-electron chi connectivity index (χ1n) is 9.06. The molecule has 0 saturated heterocycles. The molecule has 1 aliphatic rings. The molecule has 1 amide bonds. The van der Waals surface area contributed by atoms with Crippen LogP contribution in [0.5, 0.6) is 5.75 Å². The Bertz CT molecular complexity index is 601. The van der Waals surface area contributed by atoms with Gasteiger partial charge in [0.2, 0.25) is 0 Å². The van der Waals surface area contributed by atoms with E-state index in [4.69, 9.17) is 9.47 Å². The lowest BCUT2D eigenvalue weighted by atomic mass is 9.78. The fourth-order valence-electron chi connectivity index (χ4n) is 3.23. The Labute approximate surface area is 150 Å². The molecular formula is C20H29NO4. The van der Waals surface area contributed by atoms with Crippen molar-refractivity contribution in [2.45, 2.75) is 59.1 Å². The van der Waals surface area contributed by atoms with Gasteiger partial charge in [0.25, 0.3) is 5.91 Å². The highest BCUT2D eigenvalue weighted by Gasteiger charge is 2.30. The van der Waals surface area contributed by atoms with E-state index in [1.807, 2.05) is 25.1 Å². The van der Waals surface area contributed by atoms with Crippen LogP contribution in [0.2, 0.25) is 0 Å². The van der Waals surface area contributed by atoms with Crippen LogP contribution < -0.4 is 10.1 Å². The van der Waals surface area contributed by atoms with Crippen LogP contribution in [0.1, 0.15) is 45.6 Å². The molecule has 1 saturated carbocycles. The van der Waals surface area contributed by atoms with Crippen LogP contribution in [-0.2, 0) is 14.3 Å². The van der Waals surface area contributed by atoms with Crippen molar-refractivity contribution in [3.8, 4) is 5.75 Å². The predicted molar refractivity (Wildman–Crippen MR) is 96.3 cm³/mol. The Morgan fingerprint density at radius 1 is 1.24 bits per heavy atom. The zero-order valence-corrected chi connectivity index (χ0v) is 15.6. The van der Waals surface area contributed by atoms with Gasteiger partial charge in [-0.05, 0) is 43.7 Å². The van der Waals surface area contributed by atoms with Gasteiger partial charge in [0, 0.05) is 6.04 Å². The van der Waals surface area contributed by atoms with Gasteiger partial charge in [0.15, 0.2) is 12.7 Å². The molecule has 1 aromatic rings. The monoisotopic (exact) mass is 347 g/mol. The highest BCUT2D eigenvalue weighted by molar-refractivity contribution is 5.83. The number of hydrogen-bond acceptors (Lipinski definition) is 4. The summed E-state index contributed by atoms with van der Waals surface area (Å²) in [5.41, 5.74) is 0.946. The summed E-state index contributed by atoms with van der Waals surface area (Å²) in [4.78, 5) is 24.2. The number of esters is 1. The number of rotatable bonds is 6. The van der Waals surface area contributed by atoms with Gasteiger partial charge in [-0.25, -0.2) is 4.79 Å². The highest BCUT2D eigenvalue weighted by atomic mass is 16.6. The van der Waals surface area contributed by atoms with Crippen LogP contribution in [-0.4, -0.2) is 30.6 Å². The second-order valence-corrected chi connectivity index (χ2v) is 7.07. The second-order valence-electron chi connectivity index (χ2n) is 7.07. The number of aryl methyl sites for hydroxylation is 1. The smallest absolute Gasteiger partial charge is 0.344 e. The molecule has 0 heterocycles. The van der Waals surface area contributed by atoms with E-state index < -0.39 is 12.1 Å². The Balaban J connectivity index is 1.78. The predicted octanol–water partition coefficient (Wildman–Crippen LogP) is 3.25. The zero-order chi connectivity index (χ0) is 18.4. The molecule has 5 heteroatoms. The fraction of sp³-hybridized carbons (Fsp3) is 0.600. The molecule has 4 atom stereocenters. The average molecular weight is 347 g/mol. The number of para-hydroxylation sites is 1. The van der Waals surface area contributed by atoms with E-state index in [0.29, 0.717) is 17.6 Å². The third kappa shape index (κ3) is 5.48. The second kappa shape index (κ2) is 8.88. The molecule has 138 valence electrons. The fourth-order valence-corrected chi connectivity index (χ4v) is 3.23. The van der Waals surface area contributed by atoms with Gasteiger partial charge in [-0.3, -0.25) is 4.79 Å². The lowest BCUT2D eigenvalue weighted by molar-refractivity contribution is -0.157. The largest absolute Gasteiger partial charge is 0.482 e. The van der Waals surface area contributed by atoms with Crippen molar-refractivity contribution in [3.05, 3.63) is 29.8 Å². The van der Waals surface area contributed by atoms with Gasteiger partial charge in [0.05, 0.1) is 0 Å². The SMILES string of the molecule is Cc1ccccc1OCC(=O)O[C@H](C)C(=O)N[C@@H]1CCC[C@H](C)[C@@H]1C. The lowest BCUT2D eigenvalue weighted by Gasteiger charge is -2.35. The minimum absolute atomic E-state index is 0.153. The van der Waals surface area contributed by atoms with Crippen LogP contribution in [0.4, 0.5) is 0 Å². The Kier molecular flexibility index (Phi) is 6.85. The van der Waals surface area contributed by atoms with E-state index in [1.165, 1.54) is 6.42 Å². The molecule has 0 spiro atoms. The number of carbonyl (C=O) groups is 2. The molecule has 2 rings (SSSR count). The van der Waals surface area contributed by atoms with Crippen molar-refractivity contribution in [2.75, 3.05) is 6.61 Å². The number of benzene rings is 1. The Morgan fingerprint density at radius 3 is 2.68 bits per heavy atom. The maximum absolute atomic E-state index is 12.3. The minimum atomic E-state index is -0.822. The number of ether oxygens (including phenoxy) is 2. The highest BCUT2D eigenvalue weighted by Crippen LogP contribution is 2.29. The molecule has 1 N–H and O–H groups in total. The quantitative estimate of drug-likeness (QED) is 0.802. The third-order valence-electron chi connectivity index (χ3n) is 5.15. The van der Waals surface area contributed by atoms with Crippen molar-refractivity contribution in [1.82, 2.24) is 5.32 Å². The van der Waals surface area contributed by atoms with E-state index in [2.05, 4.69) is 19.2 Å². The van der Waals surface area contributed by atoms with Crippen molar-refractivity contribution >= 4 is 11.9 Å². The Morgan fingerprint density at radius 2 is 1.96 bits per heavy atom. The summed E-state index contributed by atoms with van der Waals surface area (Å²) < 4.78 is 10.7. The number of nitrogens with one attached hydrogen (secondary N) is 1. The van der Waals surface area contributed by atoms with Gasteiger partial charge in [-0.15, -0.1) is 0 Å². The van der Waals surface area contributed by atoms with Gasteiger partial charge in [-0.2, -0.15) is 0 Å². The number of amides is 1. The molecule has 0 aliphatic heterocycles. The van der Waals surface area contributed by atoms with Crippen LogP contribution in [0, 0.1) is 18.8 Å². The summed E-state index contributed by atoms with van der Waals surface area (Å²) in [5, 5.41) is 3.03. The molecule has 1 fully saturated rings. The topological polar surface area (TPSA) is 64.6 Å². The van der Waals surface area contributed by atoms with Gasteiger partial charge < -0.3 is 14.8 Å². The van der Waals surface area contributed by atoms with Crippen LogP contribution >= 0.6 is 0 Å². The van der Waals surface area contributed by atoms with E-state index in [9.17, 15) is 9.59 Å². The molecule has 1 aromatic carbocycles. The third-order valence-corrected chi connectivity index (χ3v) is 5.15. The molecule has 0 radical (unpaired) electrons. The normalized spacial score (nSPS) is 24.2. The summed E-state index contributed by atoms with van der Waals surface area (Å²) in [6.07, 6.45) is 2.48. The summed E-state index contributed by atoms with van der Waals surface area (Å²) in [6.45, 7) is 7.68. The average Bonchev–Trinajstić information content (AvgIpc) is 2.58. The maximum atomic E-state index is 12.3. The van der Waals surface area contributed by atoms with Gasteiger partial charge >= 0.3 is 5.97 Å². The maximum Gasteiger partial charge on any atom is 0.344 e. The molecule has 0 unspecified atom stereocenters. The molecular weight excluding hydrogens is 318 g/mol.